The van der Waals surface area contributed by atoms with E-state index in [-0.39, 0.29) is 12.5 Å². The third kappa shape index (κ3) is 5.75. The lowest BCUT2D eigenvalue weighted by Gasteiger charge is -2.35. The summed E-state index contributed by atoms with van der Waals surface area (Å²) in [7, 11) is 0. The number of nitrogens with zero attached hydrogens (tertiary/aromatic N) is 4. The molecule has 6 nitrogen and oxygen atoms in total. The Kier molecular flexibility index (Phi) is 7.80. The molecule has 1 aliphatic rings. The van der Waals surface area contributed by atoms with Crippen molar-refractivity contribution in [3.63, 3.8) is 0 Å². The molecule has 1 aliphatic carbocycles. The first-order valence-corrected chi connectivity index (χ1v) is 14.1. The number of rotatable bonds is 9. The standard InChI is InChI=1S/C32H40N4O2/c1-5-6-9-18-35(28-16-10-12-23-13-11-17-33-31(23)28)21-24-19-26-25-14-7-8-15-27(25)36(29(26)20-34-24)22-30(37)38-32(2,3)4/h7-8,11,13-15,17,19-20,28H,5-6,9-10,12,16,18,21-22H2,1-4H3. The fraction of sp³-hybridized carbons (Fsp3) is 0.469. The summed E-state index contributed by atoms with van der Waals surface area (Å²) in [6.07, 6.45) is 10.9. The van der Waals surface area contributed by atoms with Gasteiger partial charge in [0.05, 0.1) is 29.1 Å². The molecule has 0 spiro atoms. The number of hydrogen-bond acceptors (Lipinski definition) is 5. The molecular formula is C32H40N4O2. The highest BCUT2D eigenvalue weighted by Gasteiger charge is 2.27. The minimum atomic E-state index is -0.519. The average molecular weight is 513 g/mol. The second-order valence-corrected chi connectivity index (χ2v) is 11.5. The van der Waals surface area contributed by atoms with E-state index >= 15 is 0 Å². The zero-order valence-corrected chi connectivity index (χ0v) is 23.2. The van der Waals surface area contributed by atoms with Gasteiger partial charge in [0, 0.05) is 29.0 Å². The van der Waals surface area contributed by atoms with Crippen LogP contribution in [0.1, 0.15) is 82.8 Å². The molecule has 1 unspecified atom stereocenters. The predicted octanol–water partition coefficient (Wildman–Crippen LogP) is 7.00. The minimum absolute atomic E-state index is 0.163. The van der Waals surface area contributed by atoms with Crippen LogP contribution in [0.5, 0.6) is 0 Å². The van der Waals surface area contributed by atoms with Gasteiger partial charge in [-0.2, -0.15) is 0 Å². The first kappa shape index (κ1) is 26.4. The normalized spacial score (nSPS) is 15.8. The van der Waals surface area contributed by atoms with Crippen LogP contribution in [0.3, 0.4) is 0 Å². The molecule has 0 aliphatic heterocycles. The maximum Gasteiger partial charge on any atom is 0.326 e. The fourth-order valence-corrected chi connectivity index (χ4v) is 5.81. The summed E-state index contributed by atoms with van der Waals surface area (Å²) in [4.78, 5) is 25.1. The van der Waals surface area contributed by atoms with Gasteiger partial charge in [-0.3, -0.25) is 19.7 Å². The van der Waals surface area contributed by atoms with Gasteiger partial charge in [-0.05, 0) is 76.8 Å². The van der Waals surface area contributed by atoms with Crippen LogP contribution in [0.4, 0.5) is 0 Å². The number of pyridine rings is 2. The van der Waals surface area contributed by atoms with Crippen molar-refractivity contribution in [3.8, 4) is 0 Å². The van der Waals surface area contributed by atoms with Gasteiger partial charge in [0.25, 0.3) is 0 Å². The van der Waals surface area contributed by atoms with Crippen molar-refractivity contribution in [2.45, 2.75) is 91.0 Å². The lowest BCUT2D eigenvalue weighted by Crippen LogP contribution is -2.33. The highest BCUT2D eigenvalue weighted by Crippen LogP contribution is 2.35. The first-order valence-electron chi connectivity index (χ1n) is 14.1. The van der Waals surface area contributed by atoms with Gasteiger partial charge in [0.2, 0.25) is 0 Å². The molecule has 0 saturated heterocycles. The van der Waals surface area contributed by atoms with E-state index in [9.17, 15) is 4.79 Å². The molecule has 0 amide bonds. The number of carbonyl (C=O) groups is 1. The number of fused-ring (bicyclic) bond motifs is 4. The van der Waals surface area contributed by atoms with Gasteiger partial charge in [0.15, 0.2) is 0 Å². The number of unbranched alkanes of at least 4 members (excludes halogenated alkanes) is 2. The van der Waals surface area contributed by atoms with Crippen LogP contribution in [-0.4, -0.2) is 37.6 Å². The fourth-order valence-electron chi connectivity index (χ4n) is 5.81. The number of esters is 1. The van der Waals surface area contributed by atoms with Crippen molar-refractivity contribution in [3.05, 3.63) is 71.8 Å². The molecule has 0 fully saturated rings. The van der Waals surface area contributed by atoms with E-state index in [4.69, 9.17) is 14.7 Å². The number of carbonyl (C=O) groups excluding carboxylic acids is 1. The van der Waals surface area contributed by atoms with Gasteiger partial charge in [-0.1, -0.05) is 44.0 Å². The Morgan fingerprint density at radius 3 is 2.74 bits per heavy atom. The van der Waals surface area contributed by atoms with Gasteiger partial charge >= 0.3 is 5.97 Å². The van der Waals surface area contributed by atoms with E-state index in [1.807, 2.05) is 43.8 Å². The second-order valence-electron chi connectivity index (χ2n) is 11.5. The quantitative estimate of drug-likeness (QED) is 0.179. The van der Waals surface area contributed by atoms with Crippen LogP contribution in [0.15, 0.2) is 54.9 Å². The Balaban J connectivity index is 1.48. The molecule has 38 heavy (non-hydrogen) atoms. The molecule has 1 atom stereocenters. The van der Waals surface area contributed by atoms with Crippen molar-refractivity contribution >= 4 is 27.8 Å². The molecule has 4 aromatic rings. The van der Waals surface area contributed by atoms with Gasteiger partial charge < -0.3 is 9.30 Å². The highest BCUT2D eigenvalue weighted by molar-refractivity contribution is 6.08. The predicted molar refractivity (Wildman–Crippen MR) is 153 cm³/mol. The Morgan fingerprint density at radius 2 is 1.92 bits per heavy atom. The highest BCUT2D eigenvalue weighted by atomic mass is 16.6. The van der Waals surface area contributed by atoms with Crippen LogP contribution in [-0.2, 0) is 29.0 Å². The second kappa shape index (κ2) is 11.2. The van der Waals surface area contributed by atoms with Gasteiger partial charge in [-0.15, -0.1) is 0 Å². The smallest absolute Gasteiger partial charge is 0.326 e. The number of ether oxygens (including phenoxy) is 1. The summed E-state index contributed by atoms with van der Waals surface area (Å²) in [6.45, 7) is 9.94. The molecule has 1 aromatic carbocycles. The lowest BCUT2D eigenvalue weighted by atomic mass is 9.90. The topological polar surface area (TPSA) is 60.2 Å². The van der Waals surface area contributed by atoms with E-state index in [0.717, 1.165) is 53.4 Å². The maximum atomic E-state index is 12.8. The Morgan fingerprint density at radius 1 is 1.08 bits per heavy atom. The van der Waals surface area contributed by atoms with Crippen molar-refractivity contribution in [2.75, 3.05) is 6.54 Å². The van der Waals surface area contributed by atoms with Gasteiger partial charge in [-0.25, -0.2) is 0 Å². The monoisotopic (exact) mass is 512 g/mol. The molecule has 3 heterocycles. The summed E-state index contributed by atoms with van der Waals surface area (Å²) in [5, 5.41) is 2.27. The molecular weight excluding hydrogens is 472 g/mol. The molecule has 3 aromatic heterocycles. The van der Waals surface area contributed by atoms with Crippen LogP contribution in [0.25, 0.3) is 21.8 Å². The molecule has 0 saturated carbocycles. The number of para-hydroxylation sites is 1. The number of aromatic nitrogens is 3. The molecule has 0 bridgehead atoms. The zero-order valence-electron chi connectivity index (χ0n) is 23.2. The Labute approximate surface area is 226 Å². The Bertz CT molecular complexity index is 1420. The van der Waals surface area contributed by atoms with Crippen molar-refractivity contribution < 1.29 is 9.53 Å². The van der Waals surface area contributed by atoms with E-state index in [1.165, 1.54) is 36.9 Å². The number of benzene rings is 1. The molecule has 200 valence electrons. The minimum Gasteiger partial charge on any atom is -0.459 e. The molecule has 0 radical (unpaired) electrons. The average Bonchev–Trinajstić information content (AvgIpc) is 3.19. The maximum absolute atomic E-state index is 12.8. The van der Waals surface area contributed by atoms with E-state index in [2.05, 4.69) is 48.2 Å². The first-order chi connectivity index (χ1) is 18.3. The molecule has 5 rings (SSSR count). The number of hydrogen-bond donors (Lipinski definition) is 0. The molecule has 6 heteroatoms. The van der Waals surface area contributed by atoms with Gasteiger partial charge in [0.1, 0.15) is 12.1 Å². The van der Waals surface area contributed by atoms with Crippen LogP contribution in [0.2, 0.25) is 0 Å². The van der Waals surface area contributed by atoms with Crippen LogP contribution >= 0.6 is 0 Å². The summed E-state index contributed by atoms with van der Waals surface area (Å²) < 4.78 is 7.67. The summed E-state index contributed by atoms with van der Waals surface area (Å²) in [5.74, 6) is -0.241. The van der Waals surface area contributed by atoms with Crippen molar-refractivity contribution in [1.29, 1.82) is 0 Å². The van der Waals surface area contributed by atoms with E-state index < -0.39 is 5.60 Å². The third-order valence-electron chi connectivity index (χ3n) is 7.44. The van der Waals surface area contributed by atoms with Crippen LogP contribution < -0.4 is 0 Å². The third-order valence-corrected chi connectivity index (χ3v) is 7.44. The summed E-state index contributed by atoms with van der Waals surface area (Å²) in [6, 6.07) is 15.1. The van der Waals surface area contributed by atoms with Crippen molar-refractivity contribution in [1.82, 2.24) is 19.4 Å². The van der Waals surface area contributed by atoms with E-state index in [0.29, 0.717) is 6.04 Å². The lowest BCUT2D eigenvalue weighted by molar-refractivity contribution is -0.155. The molecule has 0 N–H and O–H groups in total. The SMILES string of the molecule is CCCCCN(Cc1cc2c3ccccc3n(CC(=O)OC(C)(C)C)c2cn1)C1CCCc2cccnc21. The van der Waals surface area contributed by atoms with E-state index in [1.54, 1.807) is 0 Å². The largest absolute Gasteiger partial charge is 0.459 e. The van der Waals surface area contributed by atoms with Crippen LogP contribution in [0, 0.1) is 0 Å². The van der Waals surface area contributed by atoms with Crippen molar-refractivity contribution in [2.24, 2.45) is 0 Å². The zero-order chi connectivity index (χ0) is 26.7. The number of aryl methyl sites for hydroxylation is 1. The Hall–Kier alpha value is -3.25. The summed E-state index contributed by atoms with van der Waals surface area (Å²) >= 11 is 0. The summed E-state index contributed by atoms with van der Waals surface area (Å²) in [5.41, 5.74) is 5.15.